The summed E-state index contributed by atoms with van der Waals surface area (Å²) in [5.74, 6) is 0.418. The van der Waals surface area contributed by atoms with Gasteiger partial charge in [0.2, 0.25) is 0 Å². The van der Waals surface area contributed by atoms with E-state index < -0.39 is 11.9 Å². The van der Waals surface area contributed by atoms with Crippen LogP contribution >= 0.6 is 11.6 Å². The molecule has 4 aromatic carbocycles. The Bertz CT molecular complexity index is 1390. The highest BCUT2D eigenvalue weighted by Crippen LogP contribution is 2.27. The molecule has 0 aliphatic heterocycles. The van der Waals surface area contributed by atoms with Gasteiger partial charge in [-0.05, 0) is 59.3 Å². The quantitative estimate of drug-likeness (QED) is 0.158. The van der Waals surface area contributed by atoms with E-state index in [9.17, 15) is 9.59 Å². The molecule has 0 atom stereocenters. The zero-order valence-electron chi connectivity index (χ0n) is 18.7. The number of carbonyl (C=O) groups excluding carboxylic acids is 2. The first kappa shape index (κ1) is 23.8. The van der Waals surface area contributed by atoms with E-state index >= 15 is 0 Å². The van der Waals surface area contributed by atoms with Crippen LogP contribution in [0.5, 0.6) is 17.2 Å². The van der Waals surface area contributed by atoms with Gasteiger partial charge in [-0.25, -0.2) is 10.2 Å². The molecule has 0 radical (unpaired) electrons. The van der Waals surface area contributed by atoms with E-state index in [2.05, 4.69) is 10.5 Å². The third kappa shape index (κ3) is 6.16. The van der Waals surface area contributed by atoms with E-state index in [1.807, 2.05) is 30.3 Å². The largest absolute Gasteiger partial charge is 0.497 e. The van der Waals surface area contributed by atoms with E-state index in [0.29, 0.717) is 33.4 Å². The summed E-state index contributed by atoms with van der Waals surface area (Å²) in [6, 6.07) is 24.5. The number of hydrazone groups is 1. The molecule has 35 heavy (non-hydrogen) atoms. The lowest BCUT2D eigenvalue weighted by molar-refractivity contribution is -0.123. The van der Waals surface area contributed by atoms with Gasteiger partial charge in [-0.3, -0.25) is 4.79 Å². The summed E-state index contributed by atoms with van der Waals surface area (Å²) in [4.78, 5) is 24.9. The molecule has 1 amide bonds. The summed E-state index contributed by atoms with van der Waals surface area (Å²) >= 11 is 5.92. The fraction of sp³-hybridized carbons (Fsp3) is 0.0741. The SMILES string of the molecule is COc1ccc(C(=O)Oc2ccc3ccccc3c2C=NNC(=O)COc2cccc(Cl)c2)cc1. The molecule has 8 heteroatoms. The van der Waals surface area contributed by atoms with Crippen molar-refractivity contribution >= 4 is 40.5 Å². The Morgan fingerprint density at radius 1 is 0.943 bits per heavy atom. The molecule has 0 saturated carbocycles. The number of nitrogens with one attached hydrogen (secondary N) is 1. The van der Waals surface area contributed by atoms with Gasteiger partial charge in [0.1, 0.15) is 17.2 Å². The highest BCUT2D eigenvalue weighted by molar-refractivity contribution is 6.30. The summed E-state index contributed by atoms with van der Waals surface area (Å²) in [6.45, 7) is -0.244. The van der Waals surface area contributed by atoms with Gasteiger partial charge in [-0.1, -0.05) is 48.0 Å². The number of methoxy groups -OCH3 is 1. The molecule has 176 valence electrons. The number of esters is 1. The minimum Gasteiger partial charge on any atom is -0.497 e. The second kappa shape index (κ2) is 11.2. The fourth-order valence-corrected chi connectivity index (χ4v) is 3.47. The predicted octanol–water partition coefficient (Wildman–Crippen LogP) is 5.25. The fourth-order valence-electron chi connectivity index (χ4n) is 3.29. The number of halogens is 1. The molecule has 0 bridgehead atoms. The standard InChI is InChI=1S/C27H21ClN2O5/c1-33-21-12-9-19(10-13-21)27(32)35-25-14-11-18-5-2-3-8-23(18)24(25)16-29-30-26(31)17-34-22-7-4-6-20(28)15-22/h2-16H,17H2,1H3,(H,30,31). The van der Waals surface area contributed by atoms with Crippen molar-refractivity contribution in [2.24, 2.45) is 5.10 Å². The summed E-state index contributed by atoms with van der Waals surface area (Å²) in [5.41, 5.74) is 3.34. The summed E-state index contributed by atoms with van der Waals surface area (Å²) in [6.07, 6.45) is 1.44. The van der Waals surface area contributed by atoms with Crippen molar-refractivity contribution in [2.45, 2.75) is 0 Å². The number of amides is 1. The molecule has 0 spiro atoms. The first-order valence-electron chi connectivity index (χ1n) is 10.6. The Hall–Kier alpha value is -4.36. The summed E-state index contributed by atoms with van der Waals surface area (Å²) < 4.78 is 16.2. The zero-order valence-corrected chi connectivity index (χ0v) is 19.5. The van der Waals surface area contributed by atoms with Crippen molar-refractivity contribution in [2.75, 3.05) is 13.7 Å². The topological polar surface area (TPSA) is 86.2 Å². The van der Waals surface area contributed by atoms with Crippen LogP contribution in [0, 0.1) is 0 Å². The molecular weight excluding hydrogens is 468 g/mol. The molecule has 0 fully saturated rings. The van der Waals surface area contributed by atoms with Crippen LogP contribution in [0.15, 0.2) is 90.0 Å². The smallest absolute Gasteiger partial charge is 0.343 e. The molecule has 0 saturated heterocycles. The molecule has 0 aliphatic rings. The average molecular weight is 489 g/mol. The molecule has 7 nitrogen and oxygen atoms in total. The lowest BCUT2D eigenvalue weighted by atomic mass is 10.0. The van der Waals surface area contributed by atoms with Gasteiger partial charge in [0.15, 0.2) is 6.61 Å². The van der Waals surface area contributed by atoms with Crippen LogP contribution in [-0.2, 0) is 4.79 Å². The predicted molar refractivity (Wildman–Crippen MR) is 135 cm³/mol. The molecule has 0 aromatic heterocycles. The lowest BCUT2D eigenvalue weighted by Gasteiger charge is -2.11. The maximum Gasteiger partial charge on any atom is 0.343 e. The number of hydrogen-bond donors (Lipinski definition) is 1. The molecule has 0 heterocycles. The third-order valence-corrected chi connectivity index (χ3v) is 5.24. The molecule has 0 aliphatic carbocycles. The normalized spacial score (nSPS) is 10.8. The Kier molecular flexibility index (Phi) is 7.60. The van der Waals surface area contributed by atoms with Crippen LogP contribution in [0.4, 0.5) is 0 Å². The highest BCUT2D eigenvalue weighted by atomic mass is 35.5. The first-order chi connectivity index (χ1) is 17.0. The van der Waals surface area contributed by atoms with Crippen LogP contribution < -0.4 is 19.6 Å². The minimum absolute atomic E-state index is 0.244. The molecule has 4 aromatic rings. The number of nitrogens with zero attached hydrogens (tertiary/aromatic N) is 1. The van der Waals surface area contributed by atoms with E-state index in [1.54, 1.807) is 61.7 Å². The van der Waals surface area contributed by atoms with Gasteiger partial charge in [0, 0.05) is 10.6 Å². The molecule has 0 unspecified atom stereocenters. The second-order valence-corrected chi connectivity index (χ2v) is 7.79. The van der Waals surface area contributed by atoms with Crippen LogP contribution in [0.3, 0.4) is 0 Å². The van der Waals surface area contributed by atoms with Gasteiger partial charge < -0.3 is 14.2 Å². The number of ether oxygens (including phenoxy) is 3. The minimum atomic E-state index is -0.531. The maximum absolute atomic E-state index is 12.7. The lowest BCUT2D eigenvalue weighted by Crippen LogP contribution is -2.24. The van der Waals surface area contributed by atoms with Crippen LogP contribution in [0.1, 0.15) is 15.9 Å². The maximum atomic E-state index is 12.7. The summed E-state index contributed by atoms with van der Waals surface area (Å²) in [7, 11) is 1.55. The summed E-state index contributed by atoms with van der Waals surface area (Å²) in [5, 5.41) is 6.29. The Morgan fingerprint density at radius 3 is 2.51 bits per heavy atom. The van der Waals surface area contributed by atoms with Crippen LogP contribution in [-0.4, -0.2) is 31.8 Å². The molecule has 1 N–H and O–H groups in total. The Balaban J connectivity index is 1.50. The second-order valence-electron chi connectivity index (χ2n) is 7.36. The molecular formula is C27H21ClN2O5. The Morgan fingerprint density at radius 2 is 1.74 bits per heavy atom. The number of benzene rings is 4. The van der Waals surface area contributed by atoms with E-state index in [0.717, 1.165) is 10.8 Å². The van der Waals surface area contributed by atoms with Gasteiger partial charge in [-0.2, -0.15) is 5.10 Å². The van der Waals surface area contributed by atoms with Crippen LogP contribution in [0.25, 0.3) is 10.8 Å². The Labute approximate surface area is 206 Å². The number of carbonyl (C=O) groups is 2. The van der Waals surface area contributed by atoms with Gasteiger partial charge in [0.25, 0.3) is 5.91 Å². The van der Waals surface area contributed by atoms with E-state index in [1.165, 1.54) is 6.21 Å². The first-order valence-corrected chi connectivity index (χ1v) is 11.0. The van der Waals surface area contributed by atoms with E-state index in [4.69, 9.17) is 25.8 Å². The van der Waals surface area contributed by atoms with Gasteiger partial charge >= 0.3 is 5.97 Å². The zero-order chi connectivity index (χ0) is 24.6. The van der Waals surface area contributed by atoms with Crippen molar-refractivity contribution in [3.63, 3.8) is 0 Å². The number of fused-ring (bicyclic) bond motifs is 1. The van der Waals surface area contributed by atoms with Crippen LogP contribution in [0.2, 0.25) is 5.02 Å². The van der Waals surface area contributed by atoms with Gasteiger partial charge in [0.05, 0.1) is 18.9 Å². The van der Waals surface area contributed by atoms with Crippen molar-refractivity contribution in [3.05, 3.63) is 101 Å². The monoisotopic (exact) mass is 488 g/mol. The van der Waals surface area contributed by atoms with Gasteiger partial charge in [-0.15, -0.1) is 0 Å². The van der Waals surface area contributed by atoms with Crippen molar-refractivity contribution in [3.8, 4) is 17.2 Å². The average Bonchev–Trinajstić information content (AvgIpc) is 2.88. The van der Waals surface area contributed by atoms with E-state index in [-0.39, 0.29) is 6.61 Å². The highest BCUT2D eigenvalue weighted by Gasteiger charge is 2.14. The van der Waals surface area contributed by atoms with Crippen molar-refractivity contribution in [1.82, 2.24) is 5.43 Å². The number of rotatable bonds is 8. The molecule has 4 rings (SSSR count). The number of hydrogen-bond acceptors (Lipinski definition) is 6. The third-order valence-electron chi connectivity index (χ3n) is 5.01. The van der Waals surface area contributed by atoms with Crippen molar-refractivity contribution in [1.29, 1.82) is 0 Å². The van der Waals surface area contributed by atoms with Crippen molar-refractivity contribution < 1.29 is 23.8 Å².